The number of rotatable bonds is 39. The lowest BCUT2D eigenvalue weighted by atomic mass is 10.0. The van der Waals surface area contributed by atoms with Gasteiger partial charge in [0.05, 0.1) is 0 Å². The minimum atomic E-state index is 0.873. The van der Waals surface area contributed by atoms with Crippen LogP contribution in [0.3, 0.4) is 0 Å². The second-order valence-electron chi connectivity index (χ2n) is 13.9. The predicted octanol–water partition coefficient (Wildman–Crippen LogP) is 13.6. The molecule has 254 valence electrons. The normalized spacial score (nSPS) is 11.6. The second kappa shape index (κ2) is 40.9. The average molecular weight is 593 g/mol. The van der Waals surface area contributed by atoms with Crippen molar-refractivity contribution in [3.8, 4) is 0 Å². The van der Waals surface area contributed by atoms with Gasteiger partial charge in [0.25, 0.3) is 0 Å². The molecule has 0 aromatic rings. The molecular formula is C40H84N2. The van der Waals surface area contributed by atoms with E-state index in [1.165, 1.54) is 244 Å². The van der Waals surface area contributed by atoms with Gasteiger partial charge in [-0.3, -0.25) is 0 Å². The van der Waals surface area contributed by atoms with Crippen molar-refractivity contribution in [1.29, 1.82) is 0 Å². The summed E-state index contributed by atoms with van der Waals surface area (Å²) in [5, 5.41) is 3.69. The minimum absolute atomic E-state index is 0.873. The summed E-state index contributed by atoms with van der Waals surface area (Å²) in [5.74, 6) is 0. The van der Waals surface area contributed by atoms with E-state index in [0.29, 0.717) is 0 Å². The van der Waals surface area contributed by atoms with E-state index in [9.17, 15) is 0 Å². The Morgan fingerprint density at radius 1 is 0.262 bits per heavy atom. The lowest BCUT2D eigenvalue weighted by Gasteiger charge is -2.06. The van der Waals surface area contributed by atoms with E-state index in [2.05, 4.69) is 12.2 Å². The summed E-state index contributed by atoms with van der Waals surface area (Å²) in [7, 11) is 0. The molecule has 0 unspecified atom stereocenters. The van der Waals surface area contributed by atoms with Crippen LogP contribution in [-0.4, -0.2) is 19.6 Å². The maximum Gasteiger partial charge on any atom is -0.00489 e. The van der Waals surface area contributed by atoms with Crippen LogP contribution in [0.5, 0.6) is 0 Å². The summed E-state index contributed by atoms with van der Waals surface area (Å²) >= 11 is 0. The maximum atomic E-state index is 5.55. The molecule has 0 rings (SSSR count). The van der Waals surface area contributed by atoms with Gasteiger partial charge in [-0.05, 0) is 38.9 Å². The molecule has 0 aliphatic carbocycles. The van der Waals surface area contributed by atoms with Crippen molar-refractivity contribution in [2.75, 3.05) is 19.6 Å². The molecule has 0 saturated heterocycles. The third kappa shape index (κ3) is 39.9. The van der Waals surface area contributed by atoms with Crippen molar-refractivity contribution in [3.63, 3.8) is 0 Å². The molecule has 0 aromatic carbocycles. The highest BCUT2D eigenvalue weighted by molar-refractivity contribution is 4.54. The van der Waals surface area contributed by atoms with Gasteiger partial charge in [-0.25, -0.2) is 0 Å². The summed E-state index contributed by atoms with van der Waals surface area (Å²) < 4.78 is 0. The molecule has 0 radical (unpaired) electrons. The highest BCUT2D eigenvalue weighted by atomic mass is 14.8. The lowest BCUT2D eigenvalue weighted by molar-refractivity contribution is 0.513. The van der Waals surface area contributed by atoms with Crippen molar-refractivity contribution >= 4 is 0 Å². The van der Waals surface area contributed by atoms with E-state index in [1.54, 1.807) is 0 Å². The van der Waals surface area contributed by atoms with Gasteiger partial charge in [0, 0.05) is 0 Å². The van der Waals surface area contributed by atoms with E-state index in [4.69, 9.17) is 5.73 Å². The molecule has 0 saturated carbocycles. The first-order chi connectivity index (χ1) is 20.9. The van der Waals surface area contributed by atoms with Crippen LogP contribution >= 0.6 is 0 Å². The largest absolute Gasteiger partial charge is 0.330 e. The molecule has 2 heteroatoms. The number of nitrogens with two attached hydrogens (primary N) is 1. The van der Waals surface area contributed by atoms with Crippen LogP contribution in [0.1, 0.15) is 238 Å². The molecule has 42 heavy (non-hydrogen) atoms. The third-order valence-corrected chi connectivity index (χ3v) is 9.51. The van der Waals surface area contributed by atoms with Crippen molar-refractivity contribution < 1.29 is 0 Å². The molecule has 0 fully saturated rings. The van der Waals surface area contributed by atoms with Crippen molar-refractivity contribution in [2.24, 2.45) is 5.73 Å². The van der Waals surface area contributed by atoms with E-state index in [1.807, 2.05) is 0 Å². The molecule has 0 atom stereocenters. The monoisotopic (exact) mass is 593 g/mol. The molecule has 0 aliphatic rings. The number of unbranched alkanes of at least 4 members (excludes halogenated alkanes) is 34. The van der Waals surface area contributed by atoms with Crippen LogP contribution in [-0.2, 0) is 0 Å². The fraction of sp³-hybridized carbons (Fsp3) is 1.00. The van der Waals surface area contributed by atoms with Crippen LogP contribution in [0.4, 0.5) is 0 Å². The van der Waals surface area contributed by atoms with Gasteiger partial charge in [-0.15, -0.1) is 0 Å². The third-order valence-electron chi connectivity index (χ3n) is 9.51. The fourth-order valence-electron chi connectivity index (χ4n) is 6.50. The molecule has 2 nitrogen and oxygen atoms in total. The molecule has 0 heterocycles. The summed E-state index contributed by atoms with van der Waals surface area (Å²) in [6, 6.07) is 0. The molecule has 0 spiro atoms. The van der Waals surface area contributed by atoms with Gasteiger partial charge >= 0.3 is 0 Å². The molecular weight excluding hydrogens is 508 g/mol. The molecule has 0 aliphatic heterocycles. The lowest BCUT2D eigenvalue weighted by Crippen LogP contribution is -2.16. The van der Waals surface area contributed by atoms with Gasteiger partial charge in [0.15, 0.2) is 0 Å². The Morgan fingerprint density at radius 3 is 0.667 bits per heavy atom. The van der Waals surface area contributed by atoms with E-state index >= 15 is 0 Å². The van der Waals surface area contributed by atoms with Crippen molar-refractivity contribution in [3.05, 3.63) is 0 Å². The van der Waals surface area contributed by atoms with Crippen LogP contribution in [0, 0.1) is 0 Å². The van der Waals surface area contributed by atoms with Crippen LogP contribution in [0.2, 0.25) is 0 Å². The number of hydrogen-bond acceptors (Lipinski definition) is 2. The maximum absolute atomic E-state index is 5.55. The Balaban J connectivity index is 3.02. The van der Waals surface area contributed by atoms with E-state index < -0.39 is 0 Å². The first-order valence-electron chi connectivity index (χ1n) is 20.3. The zero-order valence-corrected chi connectivity index (χ0v) is 29.7. The van der Waals surface area contributed by atoms with Gasteiger partial charge in [0.2, 0.25) is 0 Å². The van der Waals surface area contributed by atoms with Crippen molar-refractivity contribution in [1.82, 2.24) is 5.32 Å². The van der Waals surface area contributed by atoms with Gasteiger partial charge in [-0.2, -0.15) is 0 Å². The Hall–Kier alpha value is -0.0800. The first-order valence-corrected chi connectivity index (χ1v) is 20.3. The standard InChI is InChI=1S/C40H84N2/c1-2-3-4-5-6-7-8-9-10-18-21-24-27-30-33-36-39-42-40-37-34-31-28-25-22-19-16-14-12-11-13-15-17-20-23-26-29-32-35-38-41/h42H,2-41H2,1H3. The average Bonchev–Trinajstić information content (AvgIpc) is 3.00. The second-order valence-corrected chi connectivity index (χ2v) is 13.9. The zero-order chi connectivity index (χ0) is 30.3. The number of nitrogens with one attached hydrogen (secondary N) is 1. The predicted molar refractivity (Wildman–Crippen MR) is 194 cm³/mol. The number of hydrogen-bond donors (Lipinski definition) is 2. The highest BCUT2D eigenvalue weighted by Gasteiger charge is 1.97. The van der Waals surface area contributed by atoms with Crippen LogP contribution in [0.25, 0.3) is 0 Å². The molecule has 3 N–H and O–H groups in total. The summed E-state index contributed by atoms with van der Waals surface area (Å²) in [4.78, 5) is 0. The zero-order valence-electron chi connectivity index (χ0n) is 29.7. The Labute approximate surface area is 268 Å². The molecule has 0 bridgehead atoms. The van der Waals surface area contributed by atoms with Crippen LogP contribution in [0.15, 0.2) is 0 Å². The Kier molecular flexibility index (Phi) is 40.8. The topological polar surface area (TPSA) is 38.0 Å². The highest BCUT2D eigenvalue weighted by Crippen LogP contribution is 2.16. The summed E-state index contributed by atoms with van der Waals surface area (Å²) in [6.07, 6.45) is 52.1. The van der Waals surface area contributed by atoms with Crippen molar-refractivity contribution in [2.45, 2.75) is 238 Å². The quantitative estimate of drug-likeness (QED) is 0.0697. The Morgan fingerprint density at radius 2 is 0.452 bits per heavy atom. The molecule has 0 amide bonds. The Bertz CT molecular complexity index is 397. The summed E-state index contributed by atoms with van der Waals surface area (Å²) in [6.45, 7) is 5.67. The van der Waals surface area contributed by atoms with Gasteiger partial charge in [0.1, 0.15) is 0 Å². The smallest absolute Gasteiger partial charge is 0.00489 e. The van der Waals surface area contributed by atoms with Crippen LogP contribution < -0.4 is 11.1 Å². The van der Waals surface area contributed by atoms with E-state index in [-0.39, 0.29) is 0 Å². The summed E-state index contributed by atoms with van der Waals surface area (Å²) in [5.41, 5.74) is 5.55. The fourth-order valence-corrected chi connectivity index (χ4v) is 6.50. The first kappa shape index (κ1) is 41.9. The van der Waals surface area contributed by atoms with Gasteiger partial charge in [-0.1, -0.05) is 219 Å². The minimum Gasteiger partial charge on any atom is -0.330 e. The molecule has 0 aromatic heterocycles. The SMILES string of the molecule is CCCCCCCCCCCCCCCCCCNCCCCCCCCCCCCCCCCCCCCCCN. The van der Waals surface area contributed by atoms with E-state index in [0.717, 1.165) is 6.54 Å². The van der Waals surface area contributed by atoms with Gasteiger partial charge < -0.3 is 11.1 Å².